The first-order valence-corrected chi connectivity index (χ1v) is 12.8. The summed E-state index contributed by atoms with van der Waals surface area (Å²) in [6.45, 7) is 6.65. The highest BCUT2D eigenvalue weighted by Gasteiger charge is 2.18. The summed E-state index contributed by atoms with van der Waals surface area (Å²) in [4.78, 5) is 22.6. The van der Waals surface area contributed by atoms with Crippen LogP contribution in [0.15, 0.2) is 0 Å². The molecule has 0 saturated carbocycles. The minimum Gasteiger partial charge on any atom is -0.466 e. The molecule has 0 aromatic rings. The van der Waals surface area contributed by atoms with Crippen molar-refractivity contribution in [1.29, 1.82) is 0 Å². The van der Waals surface area contributed by atoms with E-state index in [1.165, 1.54) is 17.5 Å². The molecule has 0 aliphatic heterocycles. The number of sulfonamides is 1. The fourth-order valence-corrected chi connectivity index (χ4v) is 4.12. The number of nitrogens with zero attached hydrogens (tertiary/aromatic N) is 1. The Hall–Kier alpha value is -1.15. The molecule has 8 heteroatoms. The number of carbonyl (C=O) groups is 2. The van der Waals surface area contributed by atoms with Gasteiger partial charge in [-0.3, -0.25) is 9.59 Å². The lowest BCUT2D eigenvalue weighted by Crippen LogP contribution is -2.32. The van der Waals surface area contributed by atoms with Gasteiger partial charge >= 0.3 is 11.9 Å². The van der Waals surface area contributed by atoms with E-state index < -0.39 is 10.0 Å². The molecule has 0 aliphatic carbocycles. The molecule has 0 rings (SSSR count). The number of ether oxygens (including phenoxy) is 2. The molecule has 29 heavy (non-hydrogen) atoms. The van der Waals surface area contributed by atoms with Crippen LogP contribution in [0.2, 0.25) is 0 Å². The first-order chi connectivity index (χ1) is 13.7. The van der Waals surface area contributed by atoms with Crippen molar-refractivity contribution in [2.75, 3.05) is 26.0 Å². The fourth-order valence-electron chi connectivity index (χ4n) is 3.20. The van der Waals surface area contributed by atoms with E-state index in [1.807, 2.05) is 0 Å². The summed E-state index contributed by atoms with van der Waals surface area (Å²) in [6.07, 6.45) is 10.2. The highest BCUT2D eigenvalue weighted by molar-refractivity contribution is 7.88. The minimum atomic E-state index is -3.27. The topological polar surface area (TPSA) is 90.0 Å². The fraction of sp³-hybridized carbons (Fsp3) is 0.905. The maximum absolute atomic E-state index is 12.1. The monoisotopic (exact) mass is 435 g/mol. The molecule has 7 nitrogen and oxygen atoms in total. The Bertz CT molecular complexity index is 549. The molecule has 0 radical (unpaired) electrons. The van der Waals surface area contributed by atoms with E-state index in [4.69, 9.17) is 9.47 Å². The van der Waals surface area contributed by atoms with E-state index in [1.54, 1.807) is 6.92 Å². The third-order valence-corrected chi connectivity index (χ3v) is 6.01. The highest BCUT2D eigenvalue weighted by Crippen LogP contribution is 2.15. The van der Waals surface area contributed by atoms with E-state index in [0.29, 0.717) is 39.0 Å². The van der Waals surface area contributed by atoms with Crippen LogP contribution in [-0.2, 0) is 29.1 Å². The molecule has 1 unspecified atom stereocenters. The van der Waals surface area contributed by atoms with Gasteiger partial charge in [0.05, 0.1) is 12.9 Å². The van der Waals surface area contributed by atoms with Crippen LogP contribution in [-0.4, -0.2) is 56.7 Å². The third kappa shape index (κ3) is 16.3. The van der Waals surface area contributed by atoms with Gasteiger partial charge < -0.3 is 9.47 Å². The van der Waals surface area contributed by atoms with Gasteiger partial charge in [0, 0.05) is 26.4 Å². The second-order valence-corrected chi connectivity index (χ2v) is 9.48. The van der Waals surface area contributed by atoms with Gasteiger partial charge in [0.2, 0.25) is 10.0 Å². The Labute approximate surface area is 177 Å². The molecule has 0 saturated heterocycles. The molecule has 0 aliphatic rings. The minimum absolute atomic E-state index is 0.136. The van der Waals surface area contributed by atoms with E-state index in [2.05, 4.69) is 6.92 Å². The van der Waals surface area contributed by atoms with Crippen molar-refractivity contribution in [2.45, 2.75) is 97.5 Å². The predicted octanol–water partition coefficient (Wildman–Crippen LogP) is 4.05. The standard InChI is InChI=1S/C21H41NO6S/c1-5-7-10-14-20(28-19(3)23)15-13-18-22(29(4,25)26)17-12-9-8-11-16-21(24)27-6-2/h20H,5-18H2,1-4H3. The van der Waals surface area contributed by atoms with Gasteiger partial charge in [-0.15, -0.1) is 0 Å². The van der Waals surface area contributed by atoms with Crippen LogP contribution < -0.4 is 0 Å². The molecule has 1 atom stereocenters. The van der Waals surface area contributed by atoms with Gasteiger partial charge in [0.1, 0.15) is 6.10 Å². The SMILES string of the molecule is CCCCCC(CCCN(CCCCCCC(=O)OCC)S(C)(=O)=O)OC(C)=O. The van der Waals surface area contributed by atoms with E-state index in [9.17, 15) is 18.0 Å². The number of esters is 2. The number of hydrogen-bond donors (Lipinski definition) is 0. The summed E-state index contributed by atoms with van der Waals surface area (Å²) in [5.74, 6) is -0.458. The summed E-state index contributed by atoms with van der Waals surface area (Å²) in [7, 11) is -3.27. The zero-order valence-electron chi connectivity index (χ0n) is 18.8. The Kier molecular flexibility index (Phi) is 16.0. The number of hydrogen-bond acceptors (Lipinski definition) is 6. The van der Waals surface area contributed by atoms with Gasteiger partial charge in [0.25, 0.3) is 0 Å². The summed E-state index contributed by atoms with van der Waals surface area (Å²) in [6, 6.07) is 0. The first-order valence-electron chi connectivity index (χ1n) is 11.0. The van der Waals surface area contributed by atoms with Crippen LogP contribution >= 0.6 is 0 Å². The average Bonchev–Trinajstić information content (AvgIpc) is 2.61. The number of unbranched alkanes of at least 4 members (excludes halogenated alkanes) is 5. The zero-order chi connectivity index (χ0) is 22.1. The van der Waals surface area contributed by atoms with Crippen molar-refractivity contribution in [1.82, 2.24) is 4.31 Å². The molecule has 0 amide bonds. The average molecular weight is 436 g/mol. The Morgan fingerprint density at radius 2 is 1.52 bits per heavy atom. The van der Waals surface area contributed by atoms with Gasteiger partial charge in [-0.25, -0.2) is 12.7 Å². The molecule has 0 fully saturated rings. The molecule has 0 N–H and O–H groups in total. The summed E-state index contributed by atoms with van der Waals surface area (Å²) in [5, 5.41) is 0. The second-order valence-electron chi connectivity index (χ2n) is 7.50. The van der Waals surface area contributed by atoms with Crippen LogP contribution in [0.3, 0.4) is 0 Å². The van der Waals surface area contributed by atoms with E-state index >= 15 is 0 Å². The first kappa shape index (κ1) is 27.8. The lowest BCUT2D eigenvalue weighted by Gasteiger charge is -2.22. The smallest absolute Gasteiger partial charge is 0.305 e. The molecule has 0 bridgehead atoms. The van der Waals surface area contributed by atoms with Gasteiger partial charge in [0.15, 0.2) is 0 Å². The molecule has 172 valence electrons. The highest BCUT2D eigenvalue weighted by atomic mass is 32.2. The lowest BCUT2D eigenvalue weighted by atomic mass is 10.1. The second kappa shape index (κ2) is 16.6. The van der Waals surface area contributed by atoms with Crippen molar-refractivity contribution < 1.29 is 27.5 Å². The molecular weight excluding hydrogens is 394 g/mol. The van der Waals surface area contributed by atoms with Crippen LogP contribution in [0.5, 0.6) is 0 Å². The van der Waals surface area contributed by atoms with Crippen molar-refractivity contribution in [3.8, 4) is 0 Å². The van der Waals surface area contributed by atoms with Gasteiger partial charge in [-0.2, -0.15) is 0 Å². The largest absolute Gasteiger partial charge is 0.466 e. The Morgan fingerprint density at radius 3 is 2.10 bits per heavy atom. The normalized spacial score (nSPS) is 12.7. The Balaban J connectivity index is 4.26. The number of carbonyl (C=O) groups excluding carboxylic acids is 2. The van der Waals surface area contributed by atoms with Crippen molar-refractivity contribution in [3.05, 3.63) is 0 Å². The Morgan fingerprint density at radius 1 is 0.897 bits per heavy atom. The molecule has 0 aromatic heterocycles. The quantitative estimate of drug-likeness (QED) is 0.238. The molecule has 0 heterocycles. The van der Waals surface area contributed by atoms with Crippen molar-refractivity contribution >= 4 is 22.0 Å². The number of rotatable bonds is 18. The van der Waals surface area contributed by atoms with Crippen LogP contribution in [0.25, 0.3) is 0 Å². The van der Waals surface area contributed by atoms with Crippen LogP contribution in [0.1, 0.15) is 91.4 Å². The lowest BCUT2D eigenvalue weighted by molar-refractivity contribution is -0.147. The van der Waals surface area contributed by atoms with Crippen molar-refractivity contribution in [2.24, 2.45) is 0 Å². The zero-order valence-corrected chi connectivity index (χ0v) is 19.6. The molecule has 0 spiro atoms. The van der Waals surface area contributed by atoms with Crippen LogP contribution in [0.4, 0.5) is 0 Å². The van der Waals surface area contributed by atoms with E-state index in [0.717, 1.165) is 51.4 Å². The maximum atomic E-state index is 12.1. The molecule has 0 aromatic carbocycles. The van der Waals surface area contributed by atoms with Gasteiger partial charge in [-0.05, 0) is 45.4 Å². The predicted molar refractivity (Wildman–Crippen MR) is 115 cm³/mol. The van der Waals surface area contributed by atoms with Gasteiger partial charge in [-0.1, -0.05) is 32.6 Å². The summed E-state index contributed by atoms with van der Waals surface area (Å²) < 4.78 is 35.9. The summed E-state index contributed by atoms with van der Waals surface area (Å²) in [5.41, 5.74) is 0. The van der Waals surface area contributed by atoms with Crippen LogP contribution in [0, 0.1) is 0 Å². The molecular formula is C21H41NO6S. The van der Waals surface area contributed by atoms with E-state index in [-0.39, 0.29) is 18.0 Å². The third-order valence-electron chi connectivity index (χ3n) is 4.71. The van der Waals surface area contributed by atoms with Crippen molar-refractivity contribution in [3.63, 3.8) is 0 Å². The maximum Gasteiger partial charge on any atom is 0.305 e. The summed E-state index contributed by atoms with van der Waals surface area (Å²) >= 11 is 0.